The van der Waals surface area contributed by atoms with Crippen LogP contribution >= 0.6 is 34.4 Å². The minimum Gasteiger partial charge on any atom is -0.352 e. The van der Waals surface area contributed by atoms with Gasteiger partial charge in [-0.05, 0) is 30.2 Å². The molecule has 1 aliphatic carbocycles. The second kappa shape index (κ2) is 8.80. The molecule has 0 bridgehead atoms. The Morgan fingerprint density at radius 2 is 2.21 bits per heavy atom. The molecule has 3 aromatic heterocycles. The summed E-state index contributed by atoms with van der Waals surface area (Å²) in [6.07, 6.45) is 4.73. The minimum atomic E-state index is -0.106. The molecule has 3 aromatic rings. The molecule has 2 N–H and O–H groups in total. The number of nitrogens with zero attached hydrogens (tertiary/aromatic N) is 1. The molecule has 3 heterocycles. The lowest BCUT2D eigenvalue weighted by Crippen LogP contribution is -2.41. The van der Waals surface area contributed by atoms with Gasteiger partial charge in [-0.3, -0.25) is 9.59 Å². The molecule has 0 radical (unpaired) electrons. The summed E-state index contributed by atoms with van der Waals surface area (Å²) < 4.78 is 0. The van der Waals surface area contributed by atoms with Crippen molar-refractivity contribution in [3.05, 3.63) is 39.1 Å². The maximum Gasteiger partial charge on any atom is 0.260 e. The van der Waals surface area contributed by atoms with Gasteiger partial charge in [0, 0.05) is 21.9 Å². The quantitative estimate of drug-likeness (QED) is 0.594. The summed E-state index contributed by atoms with van der Waals surface area (Å²) in [4.78, 5) is 34.2. The summed E-state index contributed by atoms with van der Waals surface area (Å²) in [5, 5.41) is 7.82. The lowest BCUT2D eigenvalue weighted by Gasteiger charge is -2.29. The van der Waals surface area contributed by atoms with Crippen molar-refractivity contribution in [1.82, 2.24) is 15.3 Å². The highest BCUT2D eigenvalue weighted by atomic mass is 32.2. The van der Waals surface area contributed by atoms with Gasteiger partial charge in [-0.25, -0.2) is 4.98 Å². The number of hydrogen-bond donors (Lipinski definition) is 2. The van der Waals surface area contributed by atoms with E-state index in [0.29, 0.717) is 34.7 Å². The highest BCUT2D eigenvalue weighted by molar-refractivity contribution is 7.99. The van der Waals surface area contributed by atoms with Crippen molar-refractivity contribution in [3.8, 4) is 10.4 Å². The monoisotopic (exact) mass is 433 g/mol. The van der Waals surface area contributed by atoms with E-state index >= 15 is 0 Å². The van der Waals surface area contributed by atoms with Crippen molar-refractivity contribution in [3.63, 3.8) is 0 Å². The molecule has 0 spiro atoms. The van der Waals surface area contributed by atoms with Crippen LogP contribution in [-0.2, 0) is 10.5 Å². The molecule has 0 unspecified atom stereocenters. The number of H-pyrrole nitrogens is 1. The number of thioether (sulfide) groups is 1. The third kappa shape index (κ3) is 4.34. The largest absolute Gasteiger partial charge is 0.352 e. The maximum absolute atomic E-state index is 12.6. The number of amides is 1. The van der Waals surface area contributed by atoms with E-state index < -0.39 is 0 Å². The van der Waals surface area contributed by atoms with Crippen LogP contribution in [0.1, 0.15) is 38.4 Å². The van der Waals surface area contributed by atoms with Crippen LogP contribution in [-0.4, -0.2) is 27.7 Å². The first-order valence-corrected chi connectivity index (χ1v) is 12.4. The summed E-state index contributed by atoms with van der Waals surface area (Å²) >= 11 is 4.60. The zero-order chi connectivity index (χ0) is 19.5. The molecule has 0 aromatic carbocycles. The van der Waals surface area contributed by atoms with E-state index in [1.54, 1.807) is 11.3 Å². The fourth-order valence-corrected chi connectivity index (χ4v) is 6.18. The number of carbonyl (C=O) groups is 1. The molecule has 1 aliphatic rings. The fraction of sp³-hybridized carbons (Fsp3) is 0.450. The van der Waals surface area contributed by atoms with Crippen molar-refractivity contribution in [1.29, 1.82) is 0 Å². The smallest absolute Gasteiger partial charge is 0.260 e. The van der Waals surface area contributed by atoms with Crippen molar-refractivity contribution >= 4 is 50.6 Å². The van der Waals surface area contributed by atoms with Crippen molar-refractivity contribution < 1.29 is 4.79 Å². The van der Waals surface area contributed by atoms with Crippen LogP contribution in [0.25, 0.3) is 20.7 Å². The highest BCUT2D eigenvalue weighted by Gasteiger charge is 2.22. The van der Waals surface area contributed by atoms with Crippen LogP contribution in [0.2, 0.25) is 0 Å². The van der Waals surface area contributed by atoms with E-state index in [4.69, 9.17) is 0 Å². The first kappa shape index (κ1) is 19.7. The van der Waals surface area contributed by atoms with Crippen LogP contribution in [0.15, 0.2) is 27.7 Å². The van der Waals surface area contributed by atoms with Crippen LogP contribution in [0.3, 0.4) is 0 Å². The van der Waals surface area contributed by atoms with Gasteiger partial charge < -0.3 is 10.3 Å². The molecule has 1 fully saturated rings. The molecule has 0 saturated heterocycles. The minimum absolute atomic E-state index is 0.0725. The van der Waals surface area contributed by atoms with E-state index in [-0.39, 0.29) is 11.5 Å². The average Bonchev–Trinajstić information content (AvgIpc) is 3.33. The Morgan fingerprint density at radius 1 is 1.36 bits per heavy atom. The summed E-state index contributed by atoms with van der Waals surface area (Å²) in [6, 6.07) is 4.30. The van der Waals surface area contributed by atoms with E-state index in [1.807, 2.05) is 22.9 Å². The number of thiophene rings is 2. The predicted octanol–water partition coefficient (Wildman–Crippen LogP) is 4.64. The second-order valence-corrected chi connectivity index (χ2v) is 10.0. The predicted molar refractivity (Wildman–Crippen MR) is 119 cm³/mol. The molecule has 28 heavy (non-hydrogen) atoms. The third-order valence-corrected chi connectivity index (χ3v) is 7.93. The lowest BCUT2D eigenvalue weighted by molar-refractivity contribution is -0.119. The number of carbonyl (C=O) groups excluding carboxylic acids is 1. The Hall–Kier alpha value is -1.64. The van der Waals surface area contributed by atoms with Gasteiger partial charge in [0.05, 0.1) is 16.9 Å². The van der Waals surface area contributed by atoms with Crippen molar-refractivity contribution in [2.24, 2.45) is 5.92 Å². The van der Waals surface area contributed by atoms with E-state index in [1.165, 1.54) is 42.4 Å². The molecular weight excluding hydrogens is 410 g/mol. The van der Waals surface area contributed by atoms with Crippen molar-refractivity contribution in [2.75, 3.05) is 5.75 Å². The Bertz CT molecular complexity index is 1010. The molecule has 5 nitrogen and oxygen atoms in total. The van der Waals surface area contributed by atoms with Crippen LogP contribution < -0.4 is 10.9 Å². The molecule has 1 amide bonds. The normalized spacial score (nSPS) is 19.8. The molecule has 4 rings (SSSR count). The third-order valence-electron chi connectivity index (χ3n) is 5.21. The molecular formula is C20H23N3O2S3. The Kier molecular flexibility index (Phi) is 6.18. The second-order valence-electron chi connectivity index (χ2n) is 7.25. The Morgan fingerprint density at radius 3 is 3.00 bits per heavy atom. The molecule has 148 valence electrons. The van der Waals surface area contributed by atoms with Crippen LogP contribution in [0.5, 0.6) is 0 Å². The number of hydrogen-bond acceptors (Lipinski definition) is 6. The van der Waals surface area contributed by atoms with Crippen molar-refractivity contribution in [2.45, 2.75) is 44.4 Å². The molecule has 2 atom stereocenters. The van der Waals surface area contributed by atoms with Gasteiger partial charge in [-0.15, -0.1) is 34.4 Å². The summed E-state index contributed by atoms with van der Waals surface area (Å²) in [5.74, 6) is 2.16. The van der Waals surface area contributed by atoms with Gasteiger partial charge in [0.1, 0.15) is 10.7 Å². The maximum atomic E-state index is 12.6. The van der Waals surface area contributed by atoms with Crippen LogP contribution in [0.4, 0.5) is 0 Å². The van der Waals surface area contributed by atoms with Gasteiger partial charge in [-0.2, -0.15) is 0 Å². The van der Waals surface area contributed by atoms with Gasteiger partial charge in [0.2, 0.25) is 5.91 Å². The first-order chi connectivity index (χ1) is 13.6. The Labute approximate surface area is 176 Å². The van der Waals surface area contributed by atoms with E-state index in [2.05, 4.69) is 22.2 Å². The fourth-order valence-electron chi connectivity index (χ4n) is 3.69. The van der Waals surface area contributed by atoms with Gasteiger partial charge in [0.25, 0.3) is 5.56 Å². The summed E-state index contributed by atoms with van der Waals surface area (Å²) in [7, 11) is 0. The SMILES string of the molecule is C[C@H]1CCCC[C@@H]1NC(=O)CSCc1nc2scc(-c3cccs3)c2c(=O)[nH]1. The molecule has 1 saturated carbocycles. The standard InChI is InChI=1S/C20H23N3O2S3/c1-12-5-2-3-6-14(12)21-17(24)11-26-10-16-22-19(25)18-13(9-28-20(18)23-16)15-7-4-8-27-15/h4,7-9,12,14H,2-3,5-6,10-11H2,1H3,(H,21,24)(H,22,23,25)/t12-,14-/m0/s1. The van der Waals surface area contributed by atoms with E-state index in [9.17, 15) is 9.59 Å². The van der Waals surface area contributed by atoms with Gasteiger partial charge in [-0.1, -0.05) is 25.8 Å². The zero-order valence-corrected chi connectivity index (χ0v) is 18.1. The highest BCUT2D eigenvalue weighted by Crippen LogP contribution is 2.33. The van der Waals surface area contributed by atoms with E-state index in [0.717, 1.165) is 21.7 Å². The van der Waals surface area contributed by atoms with Gasteiger partial charge >= 0.3 is 0 Å². The first-order valence-electron chi connectivity index (χ1n) is 9.53. The number of nitrogens with one attached hydrogen (secondary N) is 2. The zero-order valence-electron chi connectivity index (χ0n) is 15.7. The molecule has 0 aliphatic heterocycles. The topological polar surface area (TPSA) is 74.8 Å². The van der Waals surface area contributed by atoms with Gasteiger partial charge in [0.15, 0.2) is 0 Å². The number of aromatic amines is 1. The number of fused-ring (bicyclic) bond motifs is 1. The average molecular weight is 434 g/mol. The Balaban J connectivity index is 1.37. The summed E-state index contributed by atoms with van der Waals surface area (Å²) in [6.45, 7) is 2.21. The lowest BCUT2D eigenvalue weighted by atomic mass is 9.86. The van der Waals surface area contributed by atoms with Crippen LogP contribution in [0, 0.1) is 5.92 Å². The molecule has 8 heteroatoms. The summed E-state index contributed by atoms with van der Waals surface area (Å²) in [5.41, 5.74) is 0.842. The number of rotatable bonds is 6. The number of aromatic nitrogens is 2.